The molecule has 0 aliphatic heterocycles. The van der Waals surface area contributed by atoms with E-state index in [1.54, 1.807) is 43.5 Å². The summed E-state index contributed by atoms with van der Waals surface area (Å²) in [4.78, 5) is 24.5. The molecule has 0 aliphatic carbocycles. The van der Waals surface area contributed by atoms with Gasteiger partial charge in [-0.25, -0.2) is 9.59 Å². The van der Waals surface area contributed by atoms with Gasteiger partial charge in [0.2, 0.25) is 0 Å². The lowest BCUT2D eigenvalue weighted by Crippen LogP contribution is -2.05. The van der Waals surface area contributed by atoms with Gasteiger partial charge in [-0.2, -0.15) is 0 Å². The summed E-state index contributed by atoms with van der Waals surface area (Å²) in [6.45, 7) is 0. The van der Waals surface area contributed by atoms with Crippen molar-refractivity contribution in [3.63, 3.8) is 0 Å². The molecule has 0 radical (unpaired) electrons. The summed E-state index contributed by atoms with van der Waals surface area (Å²) in [5, 5.41) is 0. The third-order valence-electron chi connectivity index (χ3n) is 4.79. The van der Waals surface area contributed by atoms with Crippen molar-refractivity contribution in [3.8, 4) is 41.8 Å². The Kier molecular flexibility index (Phi) is 7.75. The Hall–Kier alpha value is -4.92. The molecule has 0 fully saturated rings. The number of terminal acetylenes is 1. The average molecular weight is 448 g/mol. The van der Waals surface area contributed by atoms with Crippen molar-refractivity contribution in [2.75, 3.05) is 21.3 Å². The molecule has 3 aromatic carbocycles. The number of ether oxygens (including phenoxy) is 3. The van der Waals surface area contributed by atoms with E-state index in [0.29, 0.717) is 22.3 Å². The van der Waals surface area contributed by atoms with E-state index in [4.69, 9.17) is 20.6 Å². The van der Waals surface area contributed by atoms with E-state index in [0.717, 1.165) is 11.3 Å². The van der Waals surface area contributed by atoms with Gasteiger partial charge >= 0.3 is 11.9 Å². The minimum absolute atomic E-state index is 0.264. The Morgan fingerprint density at radius 1 is 0.647 bits per heavy atom. The van der Waals surface area contributed by atoms with E-state index < -0.39 is 11.9 Å². The zero-order valence-corrected chi connectivity index (χ0v) is 18.9. The van der Waals surface area contributed by atoms with Crippen molar-refractivity contribution < 1.29 is 23.8 Å². The van der Waals surface area contributed by atoms with E-state index in [1.165, 1.54) is 14.2 Å². The number of esters is 2. The zero-order chi connectivity index (χ0) is 24.5. The molecular weight excluding hydrogens is 428 g/mol. The zero-order valence-electron chi connectivity index (χ0n) is 18.9. The van der Waals surface area contributed by atoms with Gasteiger partial charge in [-0.1, -0.05) is 29.6 Å². The molecule has 0 aromatic heterocycles. The molecule has 0 saturated carbocycles. The van der Waals surface area contributed by atoms with Gasteiger partial charge in [0, 0.05) is 27.8 Å². The van der Waals surface area contributed by atoms with Crippen LogP contribution in [0.15, 0.2) is 60.7 Å². The van der Waals surface area contributed by atoms with Crippen LogP contribution in [0.1, 0.15) is 48.5 Å². The molecule has 166 valence electrons. The fourth-order valence-electron chi connectivity index (χ4n) is 2.99. The molecule has 3 rings (SSSR count). The maximum absolute atomic E-state index is 12.4. The van der Waals surface area contributed by atoms with Crippen LogP contribution >= 0.6 is 0 Å². The predicted octanol–water partition coefficient (Wildman–Crippen LogP) is 4.05. The van der Waals surface area contributed by atoms with Crippen molar-refractivity contribution in [1.29, 1.82) is 0 Å². The van der Waals surface area contributed by atoms with Crippen LogP contribution < -0.4 is 4.74 Å². The van der Waals surface area contributed by atoms with Gasteiger partial charge in [0.15, 0.2) is 0 Å². The molecule has 0 saturated heterocycles. The highest BCUT2D eigenvalue weighted by molar-refractivity contribution is 5.94. The smallest absolute Gasteiger partial charge is 0.339 e. The monoisotopic (exact) mass is 448 g/mol. The van der Waals surface area contributed by atoms with Crippen LogP contribution in [0.5, 0.6) is 5.75 Å². The molecule has 5 nitrogen and oxygen atoms in total. The average Bonchev–Trinajstić information content (AvgIpc) is 2.90. The lowest BCUT2D eigenvalue weighted by atomic mass is 10.0. The van der Waals surface area contributed by atoms with Crippen LogP contribution in [-0.4, -0.2) is 33.3 Å². The topological polar surface area (TPSA) is 61.8 Å². The van der Waals surface area contributed by atoms with Gasteiger partial charge in [0.25, 0.3) is 0 Å². The fourth-order valence-corrected chi connectivity index (χ4v) is 2.99. The first kappa shape index (κ1) is 23.7. The molecule has 34 heavy (non-hydrogen) atoms. The number of rotatable bonds is 3. The molecule has 0 atom stereocenters. The molecule has 0 heterocycles. The highest BCUT2D eigenvalue weighted by atomic mass is 16.5. The molecule has 0 N–H and O–H groups in total. The van der Waals surface area contributed by atoms with Crippen LogP contribution in [0, 0.1) is 36.0 Å². The van der Waals surface area contributed by atoms with Crippen molar-refractivity contribution in [3.05, 3.63) is 99.6 Å². The number of hydrogen-bond donors (Lipinski definition) is 0. The first-order chi connectivity index (χ1) is 16.5. The molecule has 0 amide bonds. The second-order valence-corrected chi connectivity index (χ2v) is 6.88. The first-order valence-electron chi connectivity index (χ1n) is 10.1. The largest absolute Gasteiger partial charge is 0.497 e. The number of methoxy groups -OCH3 is 3. The number of hydrogen-bond acceptors (Lipinski definition) is 5. The molecular formula is C29H20O5. The fraction of sp³-hybridized carbons (Fsp3) is 0.103. The Bertz CT molecular complexity index is 1400. The van der Waals surface area contributed by atoms with Crippen molar-refractivity contribution in [2.45, 2.75) is 0 Å². The van der Waals surface area contributed by atoms with Crippen molar-refractivity contribution in [2.24, 2.45) is 0 Å². The summed E-state index contributed by atoms with van der Waals surface area (Å²) < 4.78 is 14.9. The highest BCUT2D eigenvalue weighted by Gasteiger charge is 2.13. The quantitative estimate of drug-likeness (QED) is 0.447. The summed E-state index contributed by atoms with van der Waals surface area (Å²) in [7, 11) is 4.18. The second kappa shape index (κ2) is 11.1. The summed E-state index contributed by atoms with van der Waals surface area (Å²) in [5.74, 6) is 14.1. The predicted molar refractivity (Wildman–Crippen MR) is 128 cm³/mol. The molecule has 5 heteroatoms. The number of carbonyl (C=O) groups excluding carboxylic acids is 2. The minimum Gasteiger partial charge on any atom is -0.497 e. The molecule has 0 spiro atoms. The Morgan fingerprint density at radius 2 is 1.12 bits per heavy atom. The summed E-state index contributed by atoms with van der Waals surface area (Å²) in [6, 6.07) is 17.2. The standard InChI is InChI=1S/C29H20O5/c1-5-20-6-12-23(26(18-20)28(30)33-3)14-8-22-9-15-24(27(19-22)29(31)34-4)13-7-21-10-16-25(32-2)17-11-21/h1,6,9-12,15-19H,2-4H3. The van der Waals surface area contributed by atoms with Crippen LogP contribution in [0.25, 0.3) is 0 Å². The van der Waals surface area contributed by atoms with E-state index >= 15 is 0 Å². The minimum atomic E-state index is -0.541. The van der Waals surface area contributed by atoms with Gasteiger partial charge in [-0.3, -0.25) is 0 Å². The van der Waals surface area contributed by atoms with Crippen molar-refractivity contribution in [1.82, 2.24) is 0 Å². The van der Waals surface area contributed by atoms with Gasteiger partial charge in [-0.15, -0.1) is 6.42 Å². The van der Waals surface area contributed by atoms with E-state index in [9.17, 15) is 9.59 Å². The molecule has 0 aliphatic rings. The van der Waals surface area contributed by atoms with Gasteiger partial charge in [0.05, 0.1) is 32.5 Å². The summed E-state index contributed by atoms with van der Waals surface area (Å²) in [6.07, 6.45) is 5.42. The van der Waals surface area contributed by atoms with Gasteiger partial charge in [0.1, 0.15) is 5.75 Å². The van der Waals surface area contributed by atoms with Crippen LogP contribution in [0.4, 0.5) is 0 Å². The summed E-state index contributed by atoms with van der Waals surface area (Å²) in [5.41, 5.74) is 3.36. The Labute approximate surface area is 198 Å². The SMILES string of the molecule is C#Cc1ccc(C#Cc2ccc(C#Cc3ccc(OC)cc3)c(C(=O)OC)c2)c(C(=O)OC)c1. The van der Waals surface area contributed by atoms with Crippen LogP contribution in [0.3, 0.4) is 0 Å². The lowest BCUT2D eigenvalue weighted by Gasteiger charge is -2.04. The third-order valence-corrected chi connectivity index (χ3v) is 4.79. The Balaban J connectivity index is 1.98. The maximum Gasteiger partial charge on any atom is 0.339 e. The Morgan fingerprint density at radius 3 is 1.62 bits per heavy atom. The van der Waals surface area contributed by atoms with E-state index in [2.05, 4.69) is 29.6 Å². The first-order valence-corrected chi connectivity index (χ1v) is 10.1. The van der Waals surface area contributed by atoms with Crippen LogP contribution in [-0.2, 0) is 9.47 Å². The molecule has 3 aromatic rings. The van der Waals surface area contributed by atoms with E-state index in [1.807, 2.05) is 24.3 Å². The lowest BCUT2D eigenvalue weighted by molar-refractivity contribution is 0.0591. The van der Waals surface area contributed by atoms with E-state index in [-0.39, 0.29) is 11.1 Å². The normalized spacial score (nSPS) is 9.35. The summed E-state index contributed by atoms with van der Waals surface area (Å²) >= 11 is 0. The van der Waals surface area contributed by atoms with Crippen LogP contribution in [0.2, 0.25) is 0 Å². The second-order valence-electron chi connectivity index (χ2n) is 6.88. The number of carbonyl (C=O) groups is 2. The maximum atomic E-state index is 12.4. The molecule has 0 bridgehead atoms. The van der Waals surface area contributed by atoms with Gasteiger partial charge in [-0.05, 0) is 60.7 Å². The van der Waals surface area contributed by atoms with Gasteiger partial charge < -0.3 is 14.2 Å². The molecule has 0 unspecified atom stereocenters. The highest BCUT2D eigenvalue weighted by Crippen LogP contribution is 2.16. The number of benzene rings is 3. The third kappa shape index (κ3) is 5.65. The van der Waals surface area contributed by atoms with Crippen molar-refractivity contribution >= 4 is 11.9 Å².